The van der Waals surface area contributed by atoms with Crippen molar-refractivity contribution in [2.45, 2.75) is 26.7 Å². The molecule has 4 nitrogen and oxygen atoms in total. The number of benzene rings is 1. The summed E-state index contributed by atoms with van der Waals surface area (Å²) in [5.41, 5.74) is 8.07. The fraction of sp³-hybridized carbons (Fsp3) is 0.333. The highest BCUT2D eigenvalue weighted by atomic mass is 16.5. The average Bonchev–Trinajstić information content (AvgIpc) is 2.37. The molecule has 0 fully saturated rings. The Kier molecular flexibility index (Phi) is 4.00. The Morgan fingerprint density at radius 3 is 2.89 bits per heavy atom. The number of rotatable bonds is 5. The molecule has 0 bridgehead atoms. The van der Waals surface area contributed by atoms with E-state index in [0.717, 1.165) is 27.9 Å². The van der Waals surface area contributed by atoms with Crippen molar-refractivity contribution in [1.29, 1.82) is 0 Å². The molecular formula is C15H18N2O2. The van der Waals surface area contributed by atoms with Crippen molar-refractivity contribution in [1.82, 2.24) is 4.98 Å². The highest BCUT2D eigenvalue weighted by Crippen LogP contribution is 2.27. The molecule has 0 atom stereocenters. The van der Waals surface area contributed by atoms with Gasteiger partial charge in [-0.2, -0.15) is 0 Å². The summed E-state index contributed by atoms with van der Waals surface area (Å²) >= 11 is 0. The van der Waals surface area contributed by atoms with Crippen molar-refractivity contribution in [2.24, 2.45) is 5.73 Å². The van der Waals surface area contributed by atoms with Gasteiger partial charge in [0.1, 0.15) is 11.3 Å². The number of fused-ring (bicyclic) bond motifs is 1. The van der Waals surface area contributed by atoms with Gasteiger partial charge in [0.15, 0.2) is 0 Å². The number of amides is 1. The standard InChI is InChI=1S/C15H18N2O2/c1-3-19-13-6-4-5-12-11(7-8-14(16)18)9-10(2)17-15(12)13/h4-6,9H,3,7-8H2,1-2H3,(H2,16,18). The minimum absolute atomic E-state index is 0.288. The molecule has 0 aliphatic carbocycles. The minimum atomic E-state index is -0.288. The van der Waals surface area contributed by atoms with E-state index >= 15 is 0 Å². The number of carbonyl (C=O) groups excluding carboxylic acids is 1. The number of hydrogen-bond acceptors (Lipinski definition) is 3. The van der Waals surface area contributed by atoms with E-state index in [1.165, 1.54) is 0 Å². The molecular weight excluding hydrogens is 240 g/mol. The Bertz CT molecular complexity index is 608. The third-order valence-corrected chi connectivity index (χ3v) is 2.96. The van der Waals surface area contributed by atoms with Crippen LogP contribution in [0.5, 0.6) is 5.75 Å². The van der Waals surface area contributed by atoms with Crippen LogP contribution in [0.4, 0.5) is 0 Å². The number of aromatic nitrogens is 1. The van der Waals surface area contributed by atoms with E-state index in [9.17, 15) is 4.79 Å². The van der Waals surface area contributed by atoms with Crippen molar-refractivity contribution in [3.63, 3.8) is 0 Å². The number of pyridine rings is 1. The van der Waals surface area contributed by atoms with Crippen LogP contribution < -0.4 is 10.5 Å². The zero-order valence-electron chi connectivity index (χ0n) is 11.3. The Hall–Kier alpha value is -2.10. The van der Waals surface area contributed by atoms with E-state index in [-0.39, 0.29) is 5.91 Å². The number of para-hydroxylation sites is 1. The summed E-state index contributed by atoms with van der Waals surface area (Å²) in [4.78, 5) is 15.5. The van der Waals surface area contributed by atoms with E-state index in [0.29, 0.717) is 19.4 Å². The van der Waals surface area contributed by atoms with Gasteiger partial charge < -0.3 is 10.5 Å². The van der Waals surface area contributed by atoms with Crippen molar-refractivity contribution >= 4 is 16.8 Å². The maximum atomic E-state index is 10.9. The van der Waals surface area contributed by atoms with Crippen LogP contribution in [-0.2, 0) is 11.2 Å². The Labute approximate surface area is 112 Å². The van der Waals surface area contributed by atoms with Gasteiger partial charge in [-0.1, -0.05) is 12.1 Å². The quantitative estimate of drug-likeness (QED) is 0.895. The molecule has 1 amide bonds. The van der Waals surface area contributed by atoms with Crippen molar-refractivity contribution < 1.29 is 9.53 Å². The van der Waals surface area contributed by atoms with Crippen LogP contribution in [-0.4, -0.2) is 17.5 Å². The highest BCUT2D eigenvalue weighted by molar-refractivity contribution is 5.88. The average molecular weight is 258 g/mol. The van der Waals surface area contributed by atoms with Gasteiger partial charge >= 0.3 is 0 Å². The predicted molar refractivity (Wildman–Crippen MR) is 75.2 cm³/mol. The number of nitrogens with two attached hydrogens (primary N) is 1. The SMILES string of the molecule is CCOc1cccc2c(CCC(N)=O)cc(C)nc12. The Morgan fingerprint density at radius 2 is 2.21 bits per heavy atom. The summed E-state index contributed by atoms with van der Waals surface area (Å²) in [5, 5.41) is 1.03. The number of hydrogen-bond donors (Lipinski definition) is 1. The van der Waals surface area contributed by atoms with Crippen LogP contribution >= 0.6 is 0 Å². The first kappa shape index (κ1) is 13.3. The summed E-state index contributed by atoms with van der Waals surface area (Å²) in [6.45, 7) is 4.49. The highest BCUT2D eigenvalue weighted by Gasteiger charge is 2.09. The number of aryl methyl sites for hydroxylation is 2. The van der Waals surface area contributed by atoms with Crippen LogP contribution in [0, 0.1) is 6.92 Å². The molecule has 19 heavy (non-hydrogen) atoms. The smallest absolute Gasteiger partial charge is 0.217 e. The number of nitrogens with zero attached hydrogens (tertiary/aromatic N) is 1. The van der Waals surface area contributed by atoms with Gasteiger partial charge in [-0.05, 0) is 38.0 Å². The number of ether oxygens (including phenoxy) is 1. The van der Waals surface area contributed by atoms with Gasteiger partial charge in [0.25, 0.3) is 0 Å². The van der Waals surface area contributed by atoms with Crippen molar-refractivity contribution in [3.8, 4) is 5.75 Å². The van der Waals surface area contributed by atoms with Gasteiger partial charge in [0.2, 0.25) is 5.91 Å². The molecule has 0 spiro atoms. The lowest BCUT2D eigenvalue weighted by atomic mass is 10.0. The Morgan fingerprint density at radius 1 is 1.42 bits per heavy atom. The lowest BCUT2D eigenvalue weighted by molar-refractivity contribution is -0.117. The van der Waals surface area contributed by atoms with Crippen molar-refractivity contribution in [2.75, 3.05) is 6.61 Å². The second kappa shape index (κ2) is 5.69. The predicted octanol–water partition coefficient (Wildman–Crippen LogP) is 2.36. The molecule has 1 heterocycles. The maximum absolute atomic E-state index is 10.9. The van der Waals surface area contributed by atoms with Crippen molar-refractivity contribution in [3.05, 3.63) is 35.5 Å². The largest absolute Gasteiger partial charge is 0.492 e. The van der Waals surface area contributed by atoms with Crippen LogP contribution in [0.15, 0.2) is 24.3 Å². The molecule has 0 aliphatic rings. The molecule has 100 valence electrons. The van der Waals surface area contributed by atoms with Crippen LogP contribution in [0.1, 0.15) is 24.6 Å². The molecule has 1 aromatic heterocycles. The Balaban J connectivity index is 2.51. The third-order valence-electron chi connectivity index (χ3n) is 2.96. The maximum Gasteiger partial charge on any atom is 0.217 e. The molecule has 2 N–H and O–H groups in total. The molecule has 0 saturated heterocycles. The zero-order valence-corrected chi connectivity index (χ0v) is 11.3. The van der Waals surface area contributed by atoms with Gasteiger partial charge in [0.05, 0.1) is 6.61 Å². The zero-order chi connectivity index (χ0) is 13.8. The molecule has 1 aromatic carbocycles. The molecule has 0 aliphatic heterocycles. The molecule has 0 unspecified atom stereocenters. The summed E-state index contributed by atoms with van der Waals surface area (Å²) in [7, 11) is 0. The van der Waals surface area contributed by atoms with Crippen LogP contribution in [0.25, 0.3) is 10.9 Å². The molecule has 2 aromatic rings. The van der Waals surface area contributed by atoms with Gasteiger partial charge in [0, 0.05) is 17.5 Å². The van der Waals surface area contributed by atoms with E-state index in [1.807, 2.05) is 38.1 Å². The van der Waals surface area contributed by atoms with Crippen LogP contribution in [0.2, 0.25) is 0 Å². The summed E-state index contributed by atoms with van der Waals surface area (Å²) in [5.74, 6) is 0.493. The first-order chi connectivity index (χ1) is 9.11. The molecule has 0 radical (unpaired) electrons. The fourth-order valence-electron chi connectivity index (χ4n) is 2.17. The first-order valence-corrected chi connectivity index (χ1v) is 6.42. The van der Waals surface area contributed by atoms with E-state index < -0.39 is 0 Å². The minimum Gasteiger partial charge on any atom is -0.492 e. The van der Waals surface area contributed by atoms with E-state index in [4.69, 9.17) is 10.5 Å². The molecule has 2 rings (SSSR count). The van der Waals surface area contributed by atoms with Gasteiger partial charge in [-0.3, -0.25) is 4.79 Å². The normalized spacial score (nSPS) is 10.6. The second-order valence-electron chi connectivity index (χ2n) is 4.47. The van der Waals surface area contributed by atoms with Gasteiger partial charge in [-0.25, -0.2) is 4.98 Å². The topological polar surface area (TPSA) is 65.2 Å². The molecule has 0 saturated carbocycles. The van der Waals surface area contributed by atoms with E-state index in [2.05, 4.69) is 4.98 Å². The summed E-state index contributed by atoms with van der Waals surface area (Å²) < 4.78 is 5.60. The number of primary amides is 1. The van der Waals surface area contributed by atoms with Gasteiger partial charge in [-0.15, -0.1) is 0 Å². The number of carbonyl (C=O) groups is 1. The second-order valence-corrected chi connectivity index (χ2v) is 4.47. The summed E-state index contributed by atoms with van der Waals surface area (Å²) in [6.07, 6.45) is 0.974. The fourth-order valence-corrected chi connectivity index (χ4v) is 2.17. The molecule has 4 heteroatoms. The van der Waals surface area contributed by atoms with E-state index in [1.54, 1.807) is 0 Å². The third kappa shape index (κ3) is 3.02. The summed E-state index contributed by atoms with van der Waals surface area (Å²) in [6, 6.07) is 7.86. The first-order valence-electron chi connectivity index (χ1n) is 6.42. The van der Waals surface area contributed by atoms with Crippen LogP contribution in [0.3, 0.4) is 0 Å². The lowest BCUT2D eigenvalue weighted by Gasteiger charge is -2.11. The lowest BCUT2D eigenvalue weighted by Crippen LogP contribution is -2.11. The monoisotopic (exact) mass is 258 g/mol.